The van der Waals surface area contributed by atoms with Crippen molar-refractivity contribution in [2.75, 3.05) is 13.1 Å². The smallest absolute Gasteiger partial charge is 0.192 e. The summed E-state index contributed by atoms with van der Waals surface area (Å²) in [5.74, 6) is 2.23. The predicted molar refractivity (Wildman–Crippen MR) is 81.8 cm³/mol. The molecule has 1 atom stereocenters. The van der Waals surface area contributed by atoms with Crippen LogP contribution in [0.3, 0.4) is 0 Å². The topological polar surface area (TPSA) is 41.6 Å². The van der Waals surface area contributed by atoms with Crippen LogP contribution in [-0.4, -0.2) is 23.9 Å². The van der Waals surface area contributed by atoms with Gasteiger partial charge in [0, 0.05) is 11.6 Å². The predicted octanol–water partition coefficient (Wildman–Crippen LogP) is 2.99. The fraction of sp³-hybridized carbons (Fsp3) is 0.562. The molecule has 0 amide bonds. The molecule has 4 rings (SSSR count). The third-order valence-corrected chi connectivity index (χ3v) is 5.23. The summed E-state index contributed by atoms with van der Waals surface area (Å²) in [6.45, 7) is 1.87. The van der Waals surface area contributed by atoms with Crippen LogP contribution in [0, 0.1) is 11.8 Å². The van der Waals surface area contributed by atoms with Crippen LogP contribution in [0.15, 0.2) is 29.3 Å². The zero-order valence-corrected chi connectivity index (χ0v) is 12.3. The average Bonchev–Trinajstić information content (AvgIpc) is 3.34. The number of guanidine groups is 1. The Balaban J connectivity index is 1.73. The molecule has 1 heterocycles. The number of aliphatic imine (C=N–C) groups is 1. The van der Waals surface area contributed by atoms with Crippen LogP contribution in [0.4, 0.5) is 0 Å². The summed E-state index contributed by atoms with van der Waals surface area (Å²) in [5.41, 5.74) is 7.54. The summed E-state index contributed by atoms with van der Waals surface area (Å²) in [6, 6.07) is 8.30. The van der Waals surface area contributed by atoms with Crippen molar-refractivity contribution < 1.29 is 0 Å². The SMILES string of the molecule is NC1=NCC(c2ccc(Cl)cc2)(C2CC2)N1CC1CC1. The van der Waals surface area contributed by atoms with E-state index in [1.54, 1.807) is 0 Å². The Hall–Kier alpha value is -1.22. The number of hydrogen-bond acceptors (Lipinski definition) is 3. The van der Waals surface area contributed by atoms with E-state index >= 15 is 0 Å². The minimum atomic E-state index is -0.00272. The van der Waals surface area contributed by atoms with Gasteiger partial charge in [-0.15, -0.1) is 0 Å². The minimum Gasteiger partial charge on any atom is -0.370 e. The quantitative estimate of drug-likeness (QED) is 0.926. The lowest BCUT2D eigenvalue weighted by Crippen LogP contribution is -2.51. The van der Waals surface area contributed by atoms with Crippen LogP contribution in [0.25, 0.3) is 0 Å². The Morgan fingerprint density at radius 2 is 1.90 bits per heavy atom. The van der Waals surface area contributed by atoms with Crippen LogP contribution < -0.4 is 5.73 Å². The van der Waals surface area contributed by atoms with Gasteiger partial charge in [0.25, 0.3) is 0 Å². The van der Waals surface area contributed by atoms with Gasteiger partial charge in [0.1, 0.15) is 0 Å². The van der Waals surface area contributed by atoms with Gasteiger partial charge in [0.05, 0.1) is 12.1 Å². The van der Waals surface area contributed by atoms with E-state index in [-0.39, 0.29) is 5.54 Å². The van der Waals surface area contributed by atoms with Crippen molar-refractivity contribution in [1.82, 2.24) is 4.90 Å². The van der Waals surface area contributed by atoms with Gasteiger partial charge in [-0.1, -0.05) is 23.7 Å². The maximum Gasteiger partial charge on any atom is 0.192 e. The van der Waals surface area contributed by atoms with Crippen molar-refractivity contribution >= 4 is 17.6 Å². The molecule has 1 aromatic carbocycles. The summed E-state index contributed by atoms with van der Waals surface area (Å²) in [4.78, 5) is 6.99. The van der Waals surface area contributed by atoms with Crippen LogP contribution in [0.5, 0.6) is 0 Å². The monoisotopic (exact) mass is 289 g/mol. The fourth-order valence-electron chi connectivity index (χ4n) is 3.52. The van der Waals surface area contributed by atoms with E-state index in [1.165, 1.54) is 31.2 Å². The molecule has 0 aromatic heterocycles. The van der Waals surface area contributed by atoms with E-state index in [9.17, 15) is 0 Å². The molecule has 2 saturated carbocycles. The van der Waals surface area contributed by atoms with Gasteiger partial charge in [0.2, 0.25) is 0 Å². The molecule has 2 N–H and O–H groups in total. The fourth-order valence-corrected chi connectivity index (χ4v) is 3.65. The Labute approximate surface area is 124 Å². The first-order chi connectivity index (χ1) is 9.70. The molecule has 2 fully saturated rings. The molecule has 3 nitrogen and oxygen atoms in total. The summed E-state index contributed by atoms with van der Waals surface area (Å²) in [7, 11) is 0. The number of halogens is 1. The van der Waals surface area contributed by atoms with E-state index in [1.807, 2.05) is 12.1 Å². The zero-order valence-electron chi connectivity index (χ0n) is 11.6. The maximum absolute atomic E-state index is 6.21. The molecule has 4 heteroatoms. The van der Waals surface area contributed by atoms with E-state index in [0.717, 1.165) is 30.0 Å². The van der Waals surface area contributed by atoms with Gasteiger partial charge < -0.3 is 10.6 Å². The number of benzene rings is 1. The average molecular weight is 290 g/mol. The van der Waals surface area contributed by atoms with E-state index in [0.29, 0.717) is 5.92 Å². The van der Waals surface area contributed by atoms with Crippen LogP contribution in [0.1, 0.15) is 31.2 Å². The Kier molecular flexibility index (Phi) is 2.75. The van der Waals surface area contributed by atoms with Crippen molar-refractivity contribution in [2.24, 2.45) is 22.6 Å². The van der Waals surface area contributed by atoms with E-state index in [2.05, 4.69) is 22.0 Å². The van der Waals surface area contributed by atoms with Gasteiger partial charge in [-0.25, -0.2) is 0 Å². The second kappa shape index (κ2) is 4.39. The van der Waals surface area contributed by atoms with Crippen molar-refractivity contribution in [3.8, 4) is 0 Å². The molecule has 0 radical (unpaired) electrons. The zero-order chi connectivity index (χ0) is 13.7. The second-order valence-electron chi connectivity index (χ2n) is 6.43. The highest BCUT2D eigenvalue weighted by atomic mass is 35.5. The standard InChI is InChI=1S/C16H20ClN3/c17-14-7-5-13(6-8-14)16(12-3-4-12)10-19-15(18)20(16)9-11-1-2-11/h5-8,11-12H,1-4,9-10H2,(H2,18,19). The lowest BCUT2D eigenvalue weighted by atomic mass is 9.83. The molecule has 0 spiro atoms. The maximum atomic E-state index is 6.21. The third-order valence-electron chi connectivity index (χ3n) is 4.97. The van der Waals surface area contributed by atoms with E-state index < -0.39 is 0 Å². The molecular weight excluding hydrogens is 270 g/mol. The highest BCUT2D eigenvalue weighted by Gasteiger charge is 2.54. The summed E-state index contributed by atoms with van der Waals surface area (Å²) in [5, 5.41) is 0.792. The highest BCUT2D eigenvalue weighted by molar-refractivity contribution is 6.30. The van der Waals surface area contributed by atoms with Gasteiger partial charge in [-0.05, 0) is 55.2 Å². The number of nitrogens with zero attached hydrogens (tertiary/aromatic N) is 2. The summed E-state index contributed by atoms with van der Waals surface area (Å²) < 4.78 is 0. The van der Waals surface area contributed by atoms with E-state index in [4.69, 9.17) is 17.3 Å². The molecule has 0 bridgehead atoms. The molecule has 0 saturated heterocycles. The molecule has 2 aliphatic carbocycles. The molecule has 106 valence electrons. The number of rotatable bonds is 4. The summed E-state index contributed by atoms with van der Waals surface area (Å²) in [6.07, 6.45) is 5.25. The Morgan fingerprint density at radius 3 is 2.50 bits per heavy atom. The van der Waals surface area contributed by atoms with Crippen LogP contribution in [0.2, 0.25) is 5.02 Å². The molecule has 1 aromatic rings. The normalized spacial score (nSPS) is 29.6. The van der Waals surface area contributed by atoms with Crippen LogP contribution >= 0.6 is 11.6 Å². The van der Waals surface area contributed by atoms with Crippen molar-refractivity contribution in [2.45, 2.75) is 31.2 Å². The Morgan fingerprint density at radius 1 is 1.20 bits per heavy atom. The molecule has 1 unspecified atom stereocenters. The first kappa shape index (κ1) is 12.5. The third kappa shape index (κ3) is 1.91. The van der Waals surface area contributed by atoms with Gasteiger partial charge >= 0.3 is 0 Å². The minimum absolute atomic E-state index is 0.00272. The Bertz CT molecular complexity index is 545. The second-order valence-corrected chi connectivity index (χ2v) is 6.87. The number of hydrogen-bond donors (Lipinski definition) is 1. The lowest BCUT2D eigenvalue weighted by molar-refractivity contribution is 0.164. The van der Waals surface area contributed by atoms with Crippen LogP contribution in [-0.2, 0) is 5.54 Å². The molecule has 20 heavy (non-hydrogen) atoms. The first-order valence-corrected chi connectivity index (χ1v) is 7.91. The molecular formula is C16H20ClN3. The molecule has 3 aliphatic rings. The van der Waals surface area contributed by atoms with Crippen molar-refractivity contribution in [3.63, 3.8) is 0 Å². The first-order valence-electron chi connectivity index (χ1n) is 7.54. The van der Waals surface area contributed by atoms with Crippen molar-refractivity contribution in [3.05, 3.63) is 34.9 Å². The number of nitrogens with two attached hydrogens (primary N) is 1. The molecule has 1 aliphatic heterocycles. The lowest BCUT2D eigenvalue weighted by Gasteiger charge is -2.40. The largest absolute Gasteiger partial charge is 0.370 e. The summed E-state index contributed by atoms with van der Waals surface area (Å²) >= 11 is 6.05. The van der Waals surface area contributed by atoms with Gasteiger partial charge in [-0.2, -0.15) is 0 Å². The van der Waals surface area contributed by atoms with Gasteiger partial charge in [-0.3, -0.25) is 4.99 Å². The highest BCUT2D eigenvalue weighted by Crippen LogP contribution is 2.52. The van der Waals surface area contributed by atoms with Crippen molar-refractivity contribution in [1.29, 1.82) is 0 Å². The van der Waals surface area contributed by atoms with Gasteiger partial charge in [0.15, 0.2) is 5.96 Å².